The Labute approximate surface area is 167 Å². The fourth-order valence-electron chi connectivity index (χ4n) is 3.63. The van der Waals surface area contributed by atoms with Gasteiger partial charge < -0.3 is 14.5 Å². The summed E-state index contributed by atoms with van der Waals surface area (Å²) >= 11 is 0. The summed E-state index contributed by atoms with van der Waals surface area (Å²) < 4.78 is 5.59. The minimum Gasteiger partial charge on any atom is -0.381 e. The van der Waals surface area contributed by atoms with E-state index in [0.29, 0.717) is 30.8 Å². The number of piperazine rings is 1. The first kappa shape index (κ1) is 20.6. The quantitative estimate of drug-likeness (QED) is 0.482. The van der Waals surface area contributed by atoms with Crippen molar-refractivity contribution in [3.8, 4) is 0 Å². The summed E-state index contributed by atoms with van der Waals surface area (Å²) in [5.74, 6) is -0.347. The molecule has 0 N–H and O–H groups in total. The van der Waals surface area contributed by atoms with Gasteiger partial charge in [0, 0.05) is 45.9 Å². The van der Waals surface area contributed by atoms with E-state index in [0.717, 1.165) is 51.2 Å². The number of unbranched alkanes of at least 4 members (excludes halogenated alkanes) is 1. The topological polar surface area (TPSA) is 53.1 Å². The highest BCUT2D eigenvalue weighted by Crippen LogP contribution is 2.32. The van der Waals surface area contributed by atoms with Gasteiger partial charge in [0.05, 0.1) is 5.57 Å². The predicted octanol–water partition coefficient (Wildman–Crippen LogP) is 2.22. The van der Waals surface area contributed by atoms with Crippen LogP contribution in [0.2, 0.25) is 0 Å². The van der Waals surface area contributed by atoms with Gasteiger partial charge in [0.15, 0.2) is 0 Å². The number of benzene rings is 1. The number of nitrogens with zero attached hydrogens (tertiary/aromatic N) is 3. The number of imide groups is 1. The van der Waals surface area contributed by atoms with Crippen molar-refractivity contribution in [2.75, 3.05) is 53.0 Å². The molecule has 0 atom stereocenters. The minimum atomic E-state index is -0.182. The number of likely N-dealkylation sites (N-methyl/N-ethyl adjacent to an activating group) is 1. The van der Waals surface area contributed by atoms with Crippen LogP contribution < -0.4 is 0 Å². The predicted molar refractivity (Wildman–Crippen MR) is 109 cm³/mol. The molecule has 0 spiro atoms. The first-order valence-corrected chi connectivity index (χ1v) is 10.3. The van der Waals surface area contributed by atoms with E-state index in [4.69, 9.17) is 4.74 Å². The van der Waals surface area contributed by atoms with Crippen molar-refractivity contribution in [3.63, 3.8) is 0 Å². The Morgan fingerprint density at radius 3 is 2.29 bits per heavy atom. The third kappa shape index (κ3) is 4.62. The number of amides is 2. The molecule has 2 heterocycles. The van der Waals surface area contributed by atoms with Crippen molar-refractivity contribution in [3.05, 3.63) is 41.6 Å². The monoisotopic (exact) mass is 385 g/mol. The summed E-state index contributed by atoms with van der Waals surface area (Å²) in [5.41, 5.74) is 1.93. The van der Waals surface area contributed by atoms with Gasteiger partial charge in [-0.2, -0.15) is 0 Å². The Hall–Kier alpha value is -2.18. The highest BCUT2D eigenvalue weighted by atomic mass is 16.5. The number of carbonyl (C=O) groups excluding carboxylic acids is 2. The van der Waals surface area contributed by atoms with Crippen molar-refractivity contribution in [1.29, 1.82) is 0 Å². The number of ether oxygens (including phenoxy) is 1. The maximum atomic E-state index is 13.2. The standard InChI is InChI=1S/C22H31N3O3/c1-3-4-16-28-17-8-11-25-21(26)19(18-9-6-5-7-10-18)20(22(25)27)24-14-12-23(2)13-15-24/h5-7,9-10H,3-4,8,11-17H2,1-2H3. The van der Waals surface area contributed by atoms with E-state index in [1.165, 1.54) is 4.90 Å². The lowest BCUT2D eigenvalue weighted by Gasteiger charge is -2.34. The van der Waals surface area contributed by atoms with Gasteiger partial charge in [-0.05, 0) is 25.5 Å². The fourth-order valence-corrected chi connectivity index (χ4v) is 3.63. The zero-order valence-corrected chi connectivity index (χ0v) is 17.0. The van der Waals surface area contributed by atoms with Crippen LogP contribution in [0.4, 0.5) is 0 Å². The van der Waals surface area contributed by atoms with Crippen molar-refractivity contribution >= 4 is 17.4 Å². The smallest absolute Gasteiger partial charge is 0.277 e. The Balaban J connectivity index is 1.75. The van der Waals surface area contributed by atoms with E-state index < -0.39 is 0 Å². The summed E-state index contributed by atoms with van der Waals surface area (Å²) in [7, 11) is 2.08. The lowest BCUT2D eigenvalue weighted by Crippen LogP contribution is -2.46. The molecule has 0 radical (unpaired) electrons. The minimum absolute atomic E-state index is 0.165. The number of hydrogen-bond donors (Lipinski definition) is 0. The van der Waals surface area contributed by atoms with Crippen LogP contribution in [0, 0.1) is 0 Å². The van der Waals surface area contributed by atoms with Crippen LogP contribution in [-0.4, -0.2) is 79.5 Å². The lowest BCUT2D eigenvalue weighted by atomic mass is 10.0. The highest BCUT2D eigenvalue weighted by molar-refractivity contribution is 6.35. The summed E-state index contributed by atoms with van der Waals surface area (Å²) in [6, 6.07) is 9.56. The molecule has 1 aromatic carbocycles. The molecule has 1 saturated heterocycles. The molecule has 1 aromatic rings. The van der Waals surface area contributed by atoms with Crippen LogP contribution in [-0.2, 0) is 14.3 Å². The van der Waals surface area contributed by atoms with Gasteiger partial charge in [-0.3, -0.25) is 14.5 Å². The van der Waals surface area contributed by atoms with Crippen molar-refractivity contribution < 1.29 is 14.3 Å². The zero-order chi connectivity index (χ0) is 19.9. The van der Waals surface area contributed by atoms with Gasteiger partial charge >= 0.3 is 0 Å². The molecule has 152 valence electrons. The number of rotatable bonds is 9. The average Bonchev–Trinajstić information content (AvgIpc) is 2.96. The second kappa shape index (κ2) is 9.85. The maximum absolute atomic E-state index is 13.2. The Kier molecular flexibility index (Phi) is 7.23. The fraction of sp³-hybridized carbons (Fsp3) is 0.545. The Morgan fingerprint density at radius 1 is 0.929 bits per heavy atom. The summed E-state index contributed by atoms with van der Waals surface area (Å²) in [6.45, 7) is 7.12. The molecular formula is C22H31N3O3. The average molecular weight is 386 g/mol. The van der Waals surface area contributed by atoms with Gasteiger partial charge in [0.25, 0.3) is 11.8 Å². The second-order valence-corrected chi connectivity index (χ2v) is 7.46. The van der Waals surface area contributed by atoms with E-state index in [-0.39, 0.29) is 11.8 Å². The van der Waals surface area contributed by atoms with Gasteiger partial charge in [-0.1, -0.05) is 43.7 Å². The van der Waals surface area contributed by atoms with Gasteiger partial charge in [-0.25, -0.2) is 0 Å². The van der Waals surface area contributed by atoms with E-state index in [1.54, 1.807) is 0 Å². The molecule has 0 unspecified atom stereocenters. The first-order chi connectivity index (χ1) is 13.6. The summed E-state index contributed by atoms with van der Waals surface area (Å²) in [5, 5.41) is 0. The largest absolute Gasteiger partial charge is 0.381 e. The van der Waals surface area contributed by atoms with E-state index in [2.05, 4.69) is 23.8 Å². The molecule has 0 aliphatic carbocycles. The molecule has 6 heteroatoms. The Bertz CT molecular complexity index is 709. The molecule has 2 amide bonds. The van der Waals surface area contributed by atoms with Crippen LogP contribution in [0.1, 0.15) is 31.7 Å². The SMILES string of the molecule is CCCCOCCCN1C(=O)C(c2ccccc2)=C(N2CCN(C)CC2)C1=O. The van der Waals surface area contributed by atoms with Gasteiger partial charge in [0.2, 0.25) is 0 Å². The zero-order valence-electron chi connectivity index (χ0n) is 17.0. The van der Waals surface area contributed by atoms with Gasteiger partial charge in [-0.15, -0.1) is 0 Å². The third-order valence-corrected chi connectivity index (χ3v) is 5.34. The molecule has 0 bridgehead atoms. The molecule has 0 aromatic heterocycles. The van der Waals surface area contributed by atoms with Crippen molar-refractivity contribution in [2.24, 2.45) is 0 Å². The highest BCUT2D eigenvalue weighted by Gasteiger charge is 2.41. The number of carbonyl (C=O) groups is 2. The van der Waals surface area contributed by atoms with Crippen LogP contribution in [0.5, 0.6) is 0 Å². The lowest BCUT2D eigenvalue weighted by molar-refractivity contribution is -0.137. The third-order valence-electron chi connectivity index (χ3n) is 5.34. The van der Waals surface area contributed by atoms with Crippen molar-refractivity contribution in [1.82, 2.24) is 14.7 Å². The molecule has 28 heavy (non-hydrogen) atoms. The van der Waals surface area contributed by atoms with E-state index in [9.17, 15) is 9.59 Å². The van der Waals surface area contributed by atoms with Crippen molar-refractivity contribution in [2.45, 2.75) is 26.2 Å². The summed E-state index contributed by atoms with van der Waals surface area (Å²) in [4.78, 5) is 32.1. The first-order valence-electron chi connectivity index (χ1n) is 10.3. The molecule has 1 fully saturated rings. The van der Waals surface area contributed by atoms with Crippen LogP contribution in [0.25, 0.3) is 5.57 Å². The molecule has 3 rings (SSSR count). The van der Waals surface area contributed by atoms with Crippen LogP contribution in [0.3, 0.4) is 0 Å². The summed E-state index contributed by atoms with van der Waals surface area (Å²) in [6.07, 6.45) is 2.80. The molecular weight excluding hydrogens is 354 g/mol. The van der Waals surface area contributed by atoms with Gasteiger partial charge in [0.1, 0.15) is 5.70 Å². The molecule has 6 nitrogen and oxygen atoms in total. The molecule has 2 aliphatic heterocycles. The molecule has 2 aliphatic rings. The van der Waals surface area contributed by atoms with Crippen LogP contribution in [0.15, 0.2) is 36.0 Å². The maximum Gasteiger partial charge on any atom is 0.277 e. The second-order valence-electron chi connectivity index (χ2n) is 7.46. The molecule has 0 saturated carbocycles. The number of hydrogen-bond acceptors (Lipinski definition) is 5. The Morgan fingerprint density at radius 2 is 1.61 bits per heavy atom. The normalized spacial score (nSPS) is 18.5. The van der Waals surface area contributed by atoms with Crippen LogP contribution >= 0.6 is 0 Å². The van der Waals surface area contributed by atoms with E-state index in [1.807, 2.05) is 30.3 Å². The van der Waals surface area contributed by atoms with E-state index >= 15 is 0 Å².